The summed E-state index contributed by atoms with van der Waals surface area (Å²) in [5, 5.41) is 0. The van der Waals surface area contributed by atoms with Gasteiger partial charge in [0.05, 0.1) is 25.6 Å². The molecule has 2 aliphatic heterocycles. The third-order valence-corrected chi connectivity index (χ3v) is 3.50. The van der Waals surface area contributed by atoms with Crippen molar-refractivity contribution in [1.29, 1.82) is 0 Å². The van der Waals surface area contributed by atoms with Gasteiger partial charge in [0.25, 0.3) is 10.1 Å². The molecule has 2 bridgehead atoms. The summed E-state index contributed by atoms with van der Waals surface area (Å²) in [5.74, 6) is 0. The van der Waals surface area contributed by atoms with Crippen LogP contribution in [0.4, 0.5) is 0 Å². The Kier molecular flexibility index (Phi) is 3.30. The number of likely N-dealkylation sites (tertiary alicyclic amines) is 1. The van der Waals surface area contributed by atoms with E-state index in [9.17, 15) is 8.42 Å². The van der Waals surface area contributed by atoms with Crippen LogP contribution in [0.3, 0.4) is 0 Å². The molecular weight excluding hydrogens is 218 g/mol. The van der Waals surface area contributed by atoms with Crippen LogP contribution in [-0.2, 0) is 19.0 Å². The molecule has 2 rings (SSSR count). The van der Waals surface area contributed by atoms with Gasteiger partial charge < -0.3 is 4.74 Å². The molecule has 0 aromatic heterocycles. The predicted molar refractivity (Wildman–Crippen MR) is 55.1 cm³/mol. The minimum Gasteiger partial charge on any atom is -0.375 e. The van der Waals surface area contributed by atoms with Crippen LogP contribution in [0, 0.1) is 0 Å². The van der Waals surface area contributed by atoms with E-state index in [4.69, 9.17) is 4.74 Å². The molecular formula is C9H17NO4S. The SMILES string of the molecule is CS(=O)(=O)OCCCN1C[C@H]2C[C@@H]1CO2. The topological polar surface area (TPSA) is 55.8 Å². The standard InChI is InChI=1S/C9H17NO4S/c1-15(11,12)14-4-2-3-10-6-9-5-8(10)7-13-9/h8-9H,2-7H2,1H3/t8-,9-/m1/s1. The van der Waals surface area contributed by atoms with Crippen LogP contribution < -0.4 is 0 Å². The maximum atomic E-state index is 10.7. The van der Waals surface area contributed by atoms with Crippen LogP contribution >= 0.6 is 0 Å². The zero-order valence-corrected chi connectivity index (χ0v) is 9.70. The van der Waals surface area contributed by atoms with Gasteiger partial charge in [-0.15, -0.1) is 0 Å². The molecule has 0 aromatic carbocycles. The van der Waals surface area contributed by atoms with Crippen LogP contribution in [0.1, 0.15) is 12.8 Å². The Bertz CT molecular complexity index is 316. The van der Waals surface area contributed by atoms with E-state index in [0.29, 0.717) is 12.1 Å². The number of hydrogen-bond donors (Lipinski definition) is 0. The Morgan fingerprint density at radius 1 is 1.53 bits per heavy atom. The smallest absolute Gasteiger partial charge is 0.264 e. The van der Waals surface area contributed by atoms with Gasteiger partial charge in [0.1, 0.15) is 0 Å². The maximum Gasteiger partial charge on any atom is 0.264 e. The minimum atomic E-state index is -3.27. The number of morpholine rings is 1. The summed E-state index contributed by atoms with van der Waals surface area (Å²) in [4.78, 5) is 2.36. The summed E-state index contributed by atoms with van der Waals surface area (Å²) in [6.07, 6.45) is 3.38. The van der Waals surface area contributed by atoms with Gasteiger partial charge in [-0.25, -0.2) is 0 Å². The van der Waals surface area contributed by atoms with Gasteiger partial charge in [-0.2, -0.15) is 8.42 Å². The van der Waals surface area contributed by atoms with Gasteiger partial charge >= 0.3 is 0 Å². The largest absolute Gasteiger partial charge is 0.375 e. The lowest BCUT2D eigenvalue weighted by molar-refractivity contribution is 0.0289. The van der Waals surface area contributed by atoms with E-state index in [1.165, 1.54) is 0 Å². The van der Waals surface area contributed by atoms with Crippen LogP contribution in [0.15, 0.2) is 0 Å². The normalized spacial score (nSPS) is 31.3. The molecule has 2 atom stereocenters. The minimum absolute atomic E-state index is 0.285. The number of ether oxygens (including phenoxy) is 1. The van der Waals surface area contributed by atoms with E-state index in [1.54, 1.807) is 0 Å². The second-order valence-corrected chi connectivity index (χ2v) is 5.86. The number of rotatable bonds is 5. The quantitative estimate of drug-likeness (QED) is 0.489. The Morgan fingerprint density at radius 3 is 2.87 bits per heavy atom. The van der Waals surface area contributed by atoms with E-state index in [1.807, 2.05) is 0 Å². The lowest BCUT2D eigenvalue weighted by atomic mass is 10.2. The third kappa shape index (κ3) is 3.14. The van der Waals surface area contributed by atoms with Crippen molar-refractivity contribution >= 4 is 10.1 Å². The Hall–Kier alpha value is -0.170. The second kappa shape index (κ2) is 4.37. The molecule has 0 unspecified atom stereocenters. The number of nitrogens with zero attached hydrogens (tertiary/aromatic N) is 1. The highest BCUT2D eigenvalue weighted by molar-refractivity contribution is 7.85. The molecule has 0 N–H and O–H groups in total. The fraction of sp³-hybridized carbons (Fsp3) is 1.00. The molecule has 0 saturated carbocycles. The molecule has 2 heterocycles. The maximum absolute atomic E-state index is 10.7. The highest BCUT2D eigenvalue weighted by atomic mass is 32.2. The summed E-state index contributed by atoms with van der Waals surface area (Å²) in [7, 11) is -3.27. The first-order valence-electron chi connectivity index (χ1n) is 5.24. The second-order valence-electron chi connectivity index (χ2n) is 4.22. The van der Waals surface area contributed by atoms with E-state index in [2.05, 4.69) is 9.08 Å². The molecule has 2 fully saturated rings. The molecule has 88 valence electrons. The third-order valence-electron chi connectivity index (χ3n) is 2.90. The summed E-state index contributed by atoms with van der Waals surface area (Å²) < 4.78 is 31.6. The van der Waals surface area contributed by atoms with Crippen molar-refractivity contribution < 1.29 is 17.3 Å². The van der Waals surface area contributed by atoms with Gasteiger partial charge in [-0.1, -0.05) is 0 Å². The van der Waals surface area contributed by atoms with Crippen LogP contribution in [0.25, 0.3) is 0 Å². The van der Waals surface area contributed by atoms with Crippen molar-refractivity contribution in [3.8, 4) is 0 Å². The van der Waals surface area contributed by atoms with E-state index in [0.717, 1.165) is 38.8 Å². The summed E-state index contributed by atoms with van der Waals surface area (Å²) in [6, 6.07) is 0.549. The van der Waals surface area contributed by atoms with E-state index < -0.39 is 10.1 Å². The average Bonchev–Trinajstić information content (AvgIpc) is 2.71. The van der Waals surface area contributed by atoms with Crippen molar-refractivity contribution in [2.24, 2.45) is 0 Å². The molecule has 2 aliphatic rings. The van der Waals surface area contributed by atoms with Gasteiger partial charge in [-0.05, 0) is 12.8 Å². The molecule has 6 heteroatoms. The van der Waals surface area contributed by atoms with Gasteiger partial charge in [0.15, 0.2) is 0 Å². The molecule has 0 radical (unpaired) electrons. The van der Waals surface area contributed by atoms with Crippen LogP contribution in [-0.4, -0.2) is 58.0 Å². The molecule has 5 nitrogen and oxygen atoms in total. The monoisotopic (exact) mass is 235 g/mol. The van der Waals surface area contributed by atoms with Crippen molar-refractivity contribution in [1.82, 2.24) is 4.90 Å². The molecule has 15 heavy (non-hydrogen) atoms. The van der Waals surface area contributed by atoms with Gasteiger partial charge in [0.2, 0.25) is 0 Å². The van der Waals surface area contributed by atoms with Crippen LogP contribution in [0.5, 0.6) is 0 Å². The van der Waals surface area contributed by atoms with E-state index in [-0.39, 0.29) is 6.61 Å². The molecule has 2 saturated heterocycles. The molecule has 0 amide bonds. The van der Waals surface area contributed by atoms with Crippen molar-refractivity contribution in [3.05, 3.63) is 0 Å². The highest BCUT2D eigenvalue weighted by Gasteiger charge is 2.38. The van der Waals surface area contributed by atoms with Gasteiger partial charge in [0, 0.05) is 19.1 Å². The Labute approximate surface area is 90.5 Å². The van der Waals surface area contributed by atoms with E-state index >= 15 is 0 Å². The van der Waals surface area contributed by atoms with Crippen molar-refractivity contribution in [2.45, 2.75) is 25.0 Å². The first kappa shape index (κ1) is 11.3. The lowest BCUT2D eigenvalue weighted by Gasteiger charge is -2.26. The van der Waals surface area contributed by atoms with Crippen molar-refractivity contribution in [2.75, 3.05) is 32.6 Å². The highest BCUT2D eigenvalue weighted by Crippen LogP contribution is 2.27. The number of hydrogen-bond acceptors (Lipinski definition) is 5. The fourth-order valence-corrected chi connectivity index (χ4v) is 2.65. The summed E-state index contributed by atoms with van der Waals surface area (Å²) >= 11 is 0. The lowest BCUT2D eigenvalue weighted by Crippen LogP contribution is -2.37. The van der Waals surface area contributed by atoms with Gasteiger partial charge in [-0.3, -0.25) is 9.08 Å². The molecule has 0 spiro atoms. The van der Waals surface area contributed by atoms with Crippen LogP contribution in [0.2, 0.25) is 0 Å². The Balaban J connectivity index is 1.63. The summed E-state index contributed by atoms with van der Waals surface area (Å²) in [5.41, 5.74) is 0. The summed E-state index contributed by atoms with van der Waals surface area (Å²) in [6.45, 7) is 3.01. The Morgan fingerprint density at radius 2 is 2.33 bits per heavy atom. The molecule has 0 aromatic rings. The number of fused-ring (bicyclic) bond motifs is 2. The molecule has 0 aliphatic carbocycles. The zero-order chi connectivity index (χ0) is 10.9. The fourth-order valence-electron chi connectivity index (χ4n) is 2.23. The first-order chi connectivity index (χ1) is 7.04. The van der Waals surface area contributed by atoms with Crippen molar-refractivity contribution in [3.63, 3.8) is 0 Å². The zero-order valence-electron chi connectivity index (χ0n) is 8.89. The average molecular weight is 235 g/mol. The first-order valence-corrected chi connectivity index (χ1v) is 7.06. The predicted octanol–water partition coefficient (Wildman–Crippen LogP) is -0.174.